The smallest absolute Gasteiger partial charge is 0.323 e. The zero-order chi connectivity index (χ0) is 13.1. The summed E-state index contributed by atoms with van der Waals surface area (Å²) >= 11 is 0. The second-order valence-electron chi connectivity index (χ2n) is 5.12. The van der Waals surface area contributed by atoms with Gasteiger partial charge in [-0.2, -0.15) is 5.10 Å². The fourth-order valence-corrected chi connectivity index (χ4v) is 1.45. The first-order valence-corrected chi connectivity index (χ1v) is 5.75. The number of ether oxygens (including phenoxy) is 1. The molecule has 0 aromatic carbocycles. The fraction of sp³-hybridized carbons (Fsp3) is 0.667. The van der Waals surface area contributed by atoms with E-state index in [1.54, 1.807) is 10.9 Å². The zero-order valence-corrected chi connectivity index (χ0v) is 10.9. The van der Waals surface area contributed by atoms with Gasteiger partial charge in [0.25, 0.3) is 0 Å². The van der Waals surface area contributed by atoms with Gasteiger partial charge in [0.2, 0.25) is 0 Å². The highest BCUT2D eigenvalue weighted by molar-refractivity contribution is 5.75. The number of carbonyl (C=O) groups excluding carboxylic acids is 1. The van der Waals surface area contributed by atoms with E-state index in [1.165, 1.54) is 0 Å². The summed E-state index contributed by atoms with van der Waals surface area (Å²) < 4.78 is 6.99. The molecule has 0 bridgehead atoms. The average Bonchev–Trinajstić information content (AvgIpc) is 2.57. The molecular weight excluding hydrogens is 218 g/mol. The van der Waals surface area contributed by atoms with Crippen LogP contribution in [0, 0.1) is 0 Å². The van der Waals surface area contributed by atoms with Gasteiger partial charge in [0, 0.05) is 18.9 Å². The Labute approximate surface area is 102 Å². The monoisotopic (exact) mass is 239 g/mol. The Morgan fingerprint density at radius 3 is 2.71 bits per heavy atom. The number of rotatable bonds is 4. The molecule has 1 atom stereocenters. The number of aryl methyl sites for hydroxylation is 2. The van der Waals surface area contributed by atoms with Crippen molar-refractivity contribution in [3.8, 4) is 0 Å². The van der Waals surface area contributed by atoms with E-state index >= 15 is 0 Å². The van der Waals surface area contributed by atoms with Crippen LogP contribution in [0.15, 0.2) is 12.3 Å². The Kier molecular flexibility index (Phi) is 4.28. The minimum atomic E-state index is -0.580. The van der Waals surface area contributed by atoms with Gasteiger partial charge in [0.05, 0.1) is 0 Å². The molecule has 0 aliphatic heterocycles. The van der Waals surface area contributed by atoms with E-state index < -0.39 is 11.6 Å². The highest BCUT2D eigenvalue weighted by atomic mass is 16.6. The van der Waals surface area contributed by atoms with Gasteiger partial charge in [0.15, 0.2) is 0 Å². The van der Waals surface area contributed by atoms with Gasteiger partial charge in [-0.15, -0.1) is 0 Å². The molecule has 0 aliphatic carbocycles. The predicted octanol–water partition coefficient (Wildman–Crippen LogP) is 1.02. The molecule has 5 heteroatoms. The van der Waals surface area contributed by atoms with Crippen LogP contribution in [0.5, 0.6) is 0 Å². The van der Waals surface area contributed by atoms with Crippen LogP contribution in [0.3, 0.4) is 0 Å². The number of nitrogens with zero attached hydrogens (tertiary/aromatic N) is 2. The molecule has 96 valence electrons. The van der Waals surface area contributed by atoms with E-state index in [9.17, 15) is 4.79 Å². The topological polar surface area (TPSA) is 70.1 Å². The standard InChI is InChI=1S/C12H21N3O2/c1-12(2,3)17-11(16)10(13)6-5-9-7-8-14-15(9)4/h7-8,10H,5-6,13H2,1-4H3. The molecule has 0 amide bonds. The van der Waals surface area contributed by atoms with E-state index in [4.69, 9.17) is 10.5 Å². The largest absolute Gasteiger partial charge is 0.459 e. The van der Waals surface area contributed by atoms with E-state index in [0.29, 0.717) is 6.42 Å². The maximum Gasteiger partial charge on any atom is 0.323 e. The molecular formula is C12H21N3O2. The third-order valence-electron chi connectivity index (χ3n) is 2.34. The first-order valence-electron chi connectivity index (χ1n) is 5.75. The predicted molar refractivity (Wildman–Crippen MR) is 65.3 cm³/mol. The lowest BCUT2D eigenvalue weighted by atomic mass is 10.1. The quantitative estimate of drug-likeness (QED) is 0.796. The lowest BCUT2D eigenvalue weighted by Gasteiger charge is -2.22. The van der Waals surface area contributed by atoms with Crippen molar-refractivity contribution < 1.29 is 9.53 Å². The first kappa shape index (κ1) is 13.7. The highest BCUT2D eigenvalue weighted by Crippen LogP contribution is 2.10. The molecule has 0 saturated heterocycles. The van der Waals surface area contributed by atoms with E-state index in [1.807, 2.05) is 33.9 Å². The van der Waals surface area contributed by atoms with Gasteiger partial charge < -0.3 is 10.5 Å². The highest BCUT2D eigenvalue weighted by Gasteiger charge is 2.22. The maximum atomic E-state index is 11.6. The molecule has 0 spiro atoms. The molecule has 2 N–H and O–H groups in total. The summed E-state index contributed by atoms with van der Waals surface area (Å²) in [5, 5.41) is 4.06. The normalized spacial score (nSPS) is 13.5. The van der Waals surface area contributed by atoms with Crippen LogP contribution in [-0.2, 0) is 23.0 Å². The van der Waals surface area contributed by atoms with E-state index in [2.05, 4.69) is 5.10 Å². The van der Waals surface area contributed by atoms with Crippen LogP contribution < -0.4 is 5.73 Å². The SMILES string of the molecule is Cn1nccc1CCC(N)C(=O)OC(C)(C)C. The lowest BCUT2D eigenvalue weighted by molar-refractivity contribution is -0.156. The van der Waals surface area contributed by atoms with Gasteiger partial charge in [-0.05, 0) is 39.7 Å². The van der Waals surface area contributed by atoms with Crippen molar-refractivity contribution in [2.75, 3.05) is 0 Å². The molecule has 1 aromatic heterocycles. The Hall–Kier alpha value is -1.36. The van der Waals surface area contributed by atoms with Gasteiger partial charge in [-0.25, -0.2) is 0 Å². The van der Waals surface area contributed by atoms with Crippen molar-refractivity contribution >= 4 is 5.97 Å². The summed E-state index contributed by atoms with van der Waals surface area (Å²) in [5.74, 6) is -0.348. The Morgan fingerprint density at radius 2 is 2.24 bits per heavy atom. The summed E-state index contributed by atoms with van der Waals surface area (Å²) in [4.78, 5) is 11.6. The van der Waals surface area contributed by atoms with Gasteiger partial charge in [-0.3, -0.25) is 9.48 Å². The summed E-state index contributed by atoms with van der Waals surface area (Å²) in [5.41, 5.74) is 6.36. The summed E-state index contributed by atoms with van der Waals surface area (Å²) in [7, 11) is 1.87. The van der Waals surface area contributed by atoms with Crippen molar-refractivity contribution in [2.45, 2.75) is 45.3 Å². The number of hydrogen-bond donors (Lipinski definition) is 1. The third-order valence-corrected chi connectivity index (χ3v) is 2.34. The Bertz CT molecular complexity index is 379. The van der Waals surface area contributed by atoms with Crippen molar-refractivity contribution in [1.82, 2.24) is 9.78 Å². The van der Waals surface area contributed by atoms with Crippen LogP contribution in [0.1, 0.15) is 32.9 Å². The minimum absolute atomic E-state index is 0.348. The maximum absolute atomic E-state index is 11.6. The van der Waals surface area contributed by atoms with Crippen LogP contribution in [0.25, 0.3) is 0 Å². The van der Waals surface area contributed by atoms with Crippen LogP contribution >= 0.6 is 0 Å². The van der Waals surface area contributed by atoms with Gasteiger partial charge >= 0.3 is 5.97 Å². The average molecular weight is 239 g/mol. The summed E-state index contributed by atoms with van der Waals surface area (Å²) in [6, 6.07) is 1.34. The number of carbonyl (C=O) groups is 1. The zero-order valence-electron chi connectivity index (χ0n) is 10.9. The van der Waals surface area contributed by atoms with Crippen molar-refractivity contribution in [3.63, 3.8) is 0 Å². The Balaban J connectivity index is 2.42. The summed E-state index contributed by atoms with van der Waals surface area (Å²) in [6.45, 7) is 5.50. The number of aromatic nitrogens is 2. The first-order chi connectivity index (χ1) is 7.79. The van der Waals surface area contributed by atoms with Crippen molar-refractivity contribution in [3.05, 3.63) is 18.0 Å². The minimum Gasteiger partial charge on any atom is -0.459 e. The number of esters is 1. The van der Waals surface area contributed by atoms with E-state index in [-0.39, 0.29) is 5.97 Å². The summed E-state index contributed by atoms with van der Waals surface area (Å²) in [6.07, 6.45) is 3.01. The Morgan fingerprint density at radius 1 is 1.59 bits per heavy atom. The molecule has 0 aliphatic rings. The molecule has 17 heavy (non-hydrogen) atoms. The fourth-order valence-electron chi connectivity index (χ4n) is 1.45. The van der Waals surface area contributed by atoms with Crippen LogP contribution in [-0.4, -0.2) is 27.4 Å². The van der Waals surface area contributed by atoms with Crippen LogP contribution in [0.2, 0.25) is 0 Å². The van der Waals surface area contributed by atoms with Gasteiger partial charge in [-0.1, -0.05) is 0 Å². The number of hydrogen-bond acceptors (Lipinski definition) is 4. The molecule has 1 unspecified atom stereocenters. The lowest BCUT2D eigenvalue weighted by Crippen LogP contribution is -2.37. The van der Waals surface area contributed by atoms with Crippen LogP contribution in [0.4, 0.5) is 0 Å². The molecule has 0 saturated carbocycles. The van der Waals surface area contributed by atoms with E-state index in [0.717, 1.165) is 12.1 Å². The molecule has 1 aromatic rings. The second-order valence-corrected chi connectivity index (χ2v) is 5.12. The van der Waals surface area contributed by atoms with Gasteiger partial charge in [0.1, 0.15) is 11.6 Å². The molecule has 0 radical (unpaired) electrons. The van der Waals surface area contributed by atoms with Crippen molar-refractivity contribution in [2.24, 2.45) is 12.8 Å². The molecule has 1 heterocycles. The third kappa shape index (κ3) is 4.56. The number of nitrogens with two attached hydrogens (primary N) is 1. The molecule has 1 rings (SSSR count). The second kappa shape index (κ2) is 5.31. The molecule has 5 nitrogen and oxygen atoms in total. The molecule has 0 fully saturated rings. The van der Waals surface area contributed by atoms with Crippen molar-refractivity contribution in [1.29, 1.82) is 0 Å².